The standard InChI is InChI=1S/C13H17NO2S/c15-13(11-5-2-1-3-6-11)17-10-8-12-7-4-9-14(12)16/h1-3,5-6,12,16H,4,7-10H2. The predicted molar refractivity (Wildman–Crippen MR) is 69.4 cm³/mol. The maximum absolute atomic E-state index is 11.8. The van der Waals surface area contributed by atoms with Crippen molar-refractivity contribution < 1.29 is 10.0 Å². The fraction of sp³-hybridized carbons (Fsp3) is 0.462. The summed E-state index contributed by atoms with van der Waals surface area (Å²) in [6.45, 7) is 0.766. The van der Waals surface area contributed by atoms with Crippen molar-refractivity contribution in [3.8, 4) is 0 Å². The fourth-order valence-electron chi connectivity index (χ4n) is 2.06. The molecule has 0 radical (unpaired) electrons. The zero-order valence-corrected chi connectivity index (χ0v) is 10.5. The molecule has 0 spiro atoms. The molecule has 1 unspecified atom stereocenters. The van der Waals surface area contributed by atoms with Crippen molar-refractivity contribution in [1.82, 2.24) is 5.06 Å². The highest BCUT2D eigenvalue weighted by Gasteiger charge is 2.22. The molecule has 0 saturated carbocycles. The second-order valence-corrected chi connectivity index (χ2v) is 5.32. The van der Waals surface area contributed by atoms with Crippen molar-refractivity contribution in [2.75, 3.05) is 12.3 Å². The van der Waals surface area contributed by atoms with Gasteiger partial charge >= 0.3 is 0 Å². The van der Waals surface area contributed by atoms with Gasteiger partial charge in [0, 0.05) is 23.9 Å². The lowest BCUT2D eigenvalue weighted by molar-refractivity contribution is -0.102. The van der Waals surface area contributed by atoms with Crippen molar-refractivity contribution in [3.05, 3.63) is 35.9 Å². The van der Waals surface area contributed by atoms with Crippen LogP contribution in [0.2, 0.25) is 0 Å². The van der Waals surface area contributed by atoms with Crippen LogP contribution < -0.4 is 0 Å². The minimum absolute atomic E-state index is 0.119. The van der Waals surface area contributed by atoms with Gasteiger partial charge in [-0.15, -0.1) is 0 Å². The molecule has 0 aromatic heterocycles. The van der Waals surface area contributed by atoms with Gasteiger partial charge in [-0.1, -0.05) is 42.1 Å². The first kappa shape index (κ1) is 12.6. The number of carbonyl (C=O) groups excluding carboxylic acids is 1. The van der Waals surface area contributed by atoms with Gasteiger partial charge in [-0.3, -0.25) is 4.79 Å². The van der Waals surface area contributed by atoms with Gasteiger partial charge in [-0.05, 0) is 19.3 Å². The number of carbonyl (C=O) groups is 1. The molecule has 1 aliphatic heterocycles. The molecule has 1 fully saturated rings. The van der Waals surface area contributed by atoms with Crippen LogP contribution in [0.5, 0.6) is 0 Å². The van der Waals surface area contributed by atoms with Crippen molar-refractivity contribution >= 4 is 16.9 Å². The van der Waals surface area contributed by atoms with E-state index in [2.05, 4.69) is 0 Å². The number of rotatable bonds is 4. The normalized spacial score (nSPS) is 20.6. The van der Waals surface area contributed by atoms with Crippen molar-refractivity contribution in [3.63, 3.8) is 0 Å². The Kier molecular flexibility index (Phi) is 4.59. The number of thioether (sulfide) groups is 1. The third-order valence-corrected chi connectivity index (χ3v) is 3.98. The van der Waals surface area contributed by atoms with E-state index in [9.17, 15) is 10.0 Å². The lowest BCUT2D eigenvalue weighted by Gasteiger charge is -2.16. The number of nitrogens with zero attached hydrogens (tertiary/aromatic N) is 1. The van der Waals surface area contributed by atoms with Gasteiger partial charge in [-0.25, -0.2) is 0 Å². The number of benzene rings is 1. The molecule has 17 heavy (non-hydrogen) atoms. The Morgan fingerprint density at radius 2 is 2.18 bits per heavy atom. The van der Waals surface area contributed by atoms with Crippen LogP contribution in [-0.2, 0) is 0 Å². The van der Waals surface area contributed by atoms with Crippen LogP contribution in [0.1, 0.15) is 29.6 Å². The molecule has 4 heteroatoms. The molecular weight excluding hydrogens is 234 g/mol. The van der Waals surface area contributed by atoms with Gasteiger partial charge < -0.3 is 5.21 Å². The first-order valence-corrected chi connectivity index (χ1v) is 6.93. The minimum Gasteiger partial charge on any atom is -0.314 e. The molecule has 1 aliphatic rings. The first-order chi connectivity index (χ1) is 8.27. The highest BCUT2D eigenvalue weighted by molar-refractivity contribution is 8.14. The second kappa shape index (κ2) is 6.19. The zero-order chi connectivity index (χ0) is 12.1. The molecule has 1 atom stereocenters. The molecule has 1 N–H and O–H groups in total. The van der Waals surface area contributed by atoms with Crippen LogP contribution in [0, 0.1) is 0 Å². The van der Waals surface area contributed by atoms with Crippen molar-refractivity contribution in [2.24, 2.45) is 0 Å². The summed E-state index contributed by atoms with van der Waals surface area (Å²) in [4.78, 5) is 11.8. The van der Waals surface area contributed by atoms with Crippen molar-refractivity contribution in [1.29, 1.82) is 0 Å². The van der Waals surface area contributed by atoms with E-state index in [0.29, 0.717) is 0 Å². The Morgan fingerprint density at radius 1 is 1.41 bits per heavy atom. The van der Waals surface area contributed by atoms with E-state index >= 15 is 0 Å². The largest absolute Gasteiger partial charge is 0.314 e. The molecule has 3 nitrogen and oxygen atoms in total. The summed E-state index contributed by atoms with van der Waals surface area (Å²) in [5.41, 5.74) is 0.754. The molecule has 1 saturated heterocycles. The Hall–Kier alpha value is -0.840. The van der Waals surface area contributed by atoms with Crippen molar-refractivity contribution in [2.45, 2.75) is 25.3 Å². The minimum atomic E-state index is 0.119. The smallest absolute Gasteiger partial charge is 0.219 e. The van der Waals surface area contributed by atoms with Gasteiger partial charge in [0.15, 0.2) is 0 Å². The summed E-state index contributed by atoms with van der Waals surface area (Å²) in [5, 5.41) is 11.0. The Balaban J connectivity index is 1.74. The summed E-state index contributed by atoms with van der Waals surface area (Å²) >= 11 is 1.34. The van der Waals surface area contributed by atoms with E-state index < -0.39 is 0 Å². The molecule has 0 amide bonds. The van der Waals surface area contributed by atoms with Gasteiger partial charge in [0.2, 0.25) is 5.12 Å². The molecular formula is C13H17NO2S. The summed E-state index contributed by atoms with van der Waals surface area (Å²) < 4.78 is 0. The fourth-order valence-corrected chi connectivity index (χ4v) is 2.94. The Bertz CT molecular complexity index is 369. The molecule has 0 aliphatic carbocycles. The molecule has 1 aromatic carbocycles. The number of hydrogen-bond acceptors (Lipinski definition) is 4. The van der Waals surface area contributed by atoms with Gasteiger partial charge in [0.25, 0.3) is 0 Å². The van der Waals surface area contributed by atoms with E-state index in [1.165, 1.54) is 16.8 Å². The average Bonchev–Trinajstić information content (AvgIpc) is 2.76. The quantitative estimate of drug-likeness (QED) is 0.893. The number of hydroxylamine groups is 2. The van der Waals surface area contributed by atoms with E-state index in [1.807, 2.05) is 30.3 Å². The summed E-state index contributed by atoms with van der Waals surface area (Å²) in [7, 11) is 0. The molecule has 2 rings (SSSR count). The van der Waals surface area contributed by atoms with E-state index in [-0.39, 0.29) is 11.2 Å². The lowest BCUT2D eigenvalue weighted by Crippen LogP contribution is -2.26. The SMILES string of the molecule is O=C(SCCC1CCCN1O)c1ccccc1. The second-order valence-electron chi connectivity index (χ2n) is 4.25. The molecule has 92 valence electrons. The Labute approximate surface area is 106 Å². The van der Waals surface area contributed by atoms with Gasteiger partial charge in [0.1, 0.15) is 0 Å². The number of hydrogen-bond donors (Lipinski definition) is 1. The maximum Gasteiger partial charge on any atom is 0.219 e. The monoisotopic (exact) mass is 251 g/mol. The summed E-state index contributed by atoms with van der Waals surface area (Å²) in [5.74, 6) is 0.773. The van der Waals surface area contributed by atoms with E-state index in [0.717, 1.165) is 37.1 Å². The van der Waals surface area contributed by atoms with Gasteiger partial charge in [0.05, 0.1) is 0 Å². The van der Waals surface area contributed by atoms with Crippen LogP contribution in [0.4, 0.5) is 0 Å². The zero-order valence-electron chi connectivity index (χ0n) is 9.71. The van der Waals surface area contributed by atoms with Crippen LogP contribution in [0.3, 0.4) is 0 Å². The van der Waals surface area contributed by atoms with Crippen LogP contribution in [-0.4, -0.2) is 33.7 Å². The molecule has 1 heterocycles. The summed E-state index contributed by atoms with van der Waals surface area (Å²) in [6, 6.07) is 9.57. The van der Waals surface area contributed by atoms with E-state index in [1.54, 1.807) is 0 Å². The molecule has 0 bridgehead atoms. The predicted octanol–water partition coefficient (Wildman–Crippen LogP) is 2.80. The highest BCUT2D eigenvalue weighted by atomic mass is 32.2. The van der Waals surface area contributed by atoms with Gasteiger partial charge in [-0.2, -0.15) is 5.06 Å². The van der Waals surface area contributed by atoms with Crippen LogP contribution >= 0.6 is 11.8 Å². The van der Waals surface area contributed by atoms with Crippen LogP contribution in [0.15, 0.2) is 30.3 Å². The first-order valence-electron chi connectivity index (χ1n) is 5.95. The van der Waals surface area contributed by atoms with E-state index in [4.69, 9.17) is 0 Å². The van der Waals surface area contributed by atoms with Crippen LogP contribution in [0.25, 0.3) is 0 Å². The highest BCUT2D eigenvalue weighted by Crippen LogP contribution is 2.21. The summed E-state index contributed by atoms with van der Waals surface area (Å²) in [6.07, 6.45) is 2.97. The maximum atomic E-state index is 11.8. The Morgan fingerprint density at radius 3 is 2.82 bits per heavy atom. The third-order valence-electron chi connectivity index (χ3n) is 3.04. The topological polar surface area (TPSA) is 40.5 Å². The average molecular weight is 251 g/mol. The third kappa shape index (κ3) is 3.56. The molecule has 1 aromatic rings. The lowest BCUT2D eigenvalue weighted by atomic mass is 10.2.